The van der Waals surface area contributed by atoms with Crippen molar-refractivity contribution in [3.05, 3.63) is 35.1 Å². The summed E-state index contributed by atoms with van der Waals surface area (Å²) in [4.78, 5) is 18.0. The first-order valence-electron chi connectivity index (χ1n) is 3.07. The van der Waals surface area contributed by atoms with Crippen molar-refractivity contribution in [2.75, 3.05) is 0 Å². The van der Waals surface area contributed by atoms with Crippen molar-refractivity contribution in [3.8, 4) is 0 Å². The number of aromatic nitrogens is 2. The summed E-state index contributed by atoms with van der Waals surface area (Å²) in [6.45, 7) is 0. The number of fused-ring (bicyclic) bond motifs is 1. The molecule has 0 aromatic carbocycles. The van der Waals surface area contributed by atoms with Crippen LogP contribution < -0.4 is 5.76 Å². The molecule has 0 atom stereocenters. The summed E-state index contributed by atoms with van der Waals surface area (Å²) >= 11 is 0. The van der Waals surface area contributed by atoms with Gasteiger partial charge in [-0.2, -0.15) is 4.98 Å². The van der Waals surface area contributed by atoms with Crippen molar-refractivity contribution in [1.82, 2.24) is 9.97 Å². The van der Waals surface area contributed by atoms with E-state index < -0.39 is 5.76 Å². The van der Waals surface area contributed by atoms with Gasteiger partial charge in [-0.15, -0.1) is 12.4 Å². The monoisotopic (exact) mass is 184 g/mol. The Morgan fingerprint density at radius 3 is 3.08 bits per heavy atom. The van der Waals surface area contributed by atoms with Crippen LogP contribution in [0.3, 0.4) is 0 Å². The number of halogens is 1. The SMILES string of the molecule is Cl.O=c1nc2ncccc2co1. The molecule has 0 N–H and O–H groups in total. The third kappa shape index (κ3) is 1.43. The summed E-state index contributed by atoms with van der Waals surface area (Å²) < 4.78 is 4.53. The molecule has 0 spiro atoms. The molecule has 0 aliphatic heterocycles. The van der Waals surface area contributed by atoms with Gasteiger partial charge in [-0.3, -0.25) is 0 Å². The highest BCUT2D eigenvalue weighted by atomic mass is 35.5. The minimum absolute atomic E-state index is 0. The average Bonchev–Trinajstić information content (AvgIpc) is 2.04. The highest BCUT2D eigenvalue weighted by Crippen LogP contribution is 2.02. The van der Waals surface area contributed by atoms with E-state index in [1.54, 1.807) is 18.3 Å². The molecule has 2 aromatic heterocycles. The molecule has 0 fully saturated rings. The second-order valence-electron chi connectivity index (χ2n) is 2.03. The van der Waals surface area contributed by atoms with E-state index in [2.05, 4.69) is 14.4 Å². The predicted molar refractivity (Wildman–Crippen MR) is 45.3 cm³/mol. The van der Waals surface area contributed by atoms with Crippen LogP contribution in [-0.4, -0.2) is 9.97 Å². The normalized spacial score (nSPS) is 9.33. The van der Waals surface area contributed by atoms with Gasteiger partial charge in [0.15, 0.2) is 5.65 Å². The molecule has 0 bridgehead atoms. The van der Waals surface area contributed by atoms with Crippen molar-refractivity contribution in [2.45, 2.75) is 0 Å². The van der Waals surface area contributed by atoms with E-state index in [1.165, 1.54) is 6.26 Å². The van der Waals surface area contributed by atoms with Crippen LogP contribution >= 0.6 is 12.4 Å². The zero-order valence-corrected chi connectivity index (χ0v) is 6.75. The molecule has 0 unspecified atom stereocenters. The average molecular weight is 185 g/mol. The second-order valence-corrected chi connectivity index (χ2v) is 2.03. The predicted octanol–water partition coefficient (Wildman–Crippen LogP) is 1.00. The van der Waals surface area contributed by atoms with Crippen LogP contribution in [0, 0.1) is 0 Å². The van der Waals surface area contributed by atoms with Gasteiger partial charge in [0.05, 0.1) is 5.39 Å². The van der Waals surface area contributed by atoms with Crippen molar-refractivity contribution < 1.29 is 4.42 Å². The van der Waals surface area contributed by atoms with Crippen LogP contribution in [0.4, 0.5) is 0 Å². The molecular formula is C7H5ClN2O2. The fourth-order valence-corrected chi connectivity index (χ4v) is 0.822. The van der Waals surface area contributed by atoms with Crippen LogP contribution in [0.5, 0.6) is 0 Å². The van der Waals surface area contributed by atoms with E-state index in [0.717, 1.165) is 5.39 Å². The van der Waals surface area contributed by atoms with E-state index in [0.29, 0.717) is 5.65 Å². The van der Waals surface area contributed by atoms with Crippen molar-refractivity contribution in [1.29, 1.82) is 0 Å². The maximum Gasteiger partial charge on any atom is 0.440 e. The topological polar surface area (TPSA) is 56.0 Å². The molecule has 0 radical (unpaired) electrons. The third-order valence-electron chi connectivity index (χ3n) is 1.30. The number of hydrogen-bond donors (Lipinski definition) is 0. The first kappa shape index (κ1) is 8.67. The Morgan fingerprint density at radius 2 is 2.25 bits per heavy atom. The molecule has 0 amide bonds. The van der Waals surface area contributed by atoms with Crippen molar-refractivity contribution in [3.63, 3.8) is 0 Å². The fourth-order valence-electron chi connectivity index (χ4n) is 0.822. The van der Waals surface area contributed by atoms with Crippen molar-refractivity contribution in [2.24, 2.45) is 0 Å². The Morgan fingerprint density at radius 1 is 1.42 bits per heavy atom. The van der Waals surface area contributed by atoms with Gasteiger partial charge in [-0.1, -0.05) is 0 Å². The standard InChI is InChI=1S/C7H4N2O2.ClH/c10-7-9-6-5(4-11-7)2-1-3-8-6;/h1-4H;1H. The van der Waals surface area contributed by atoms with Gasteiger partial charge >= 0.3 is 5.76 Å². The van der Waals surface area contributed by atoms with E-state index in [1.807, 2.05) is 0 Å². The van der Waals surface area contributed by atoms with Crippen LogP contribution in [0.15, 0.2) is 33.8 Å². The Balaban J connectivity index is 0.000000720. The smallest absolute Gasteiger partial charge is 0.416 e. The van der Waals surface area contributed by atoms with Gasteiger partial charge in [0.2, 0.25) is 0 Å². The lowest BCUT2D eigenvalue weighted by Gasteiger charge is -1.89. The Hall–Kier alpha value is -1.42. The van der Waals surface area contributed by atoms with Crippen molar-refractivity contribution >= 4 is 23.4 Å². The zero-order valence-electron chi connectivity index (χ0n) is 5.93. The van der Waals surface area contributed by atoms with Gasteiger partial charge in [0.25, 0.3) is 0 Å². The van der Waals surface area contributed by atoms with Crippen LogP contribution in [0.2, 0.25) is 0 Å². The van der Waals surface area contributed by atoms with Gasteiger partial charge in [-0.25, -0.2) is 9.78 Å². The van der Waals surface area contributed by atoms with E-state index in [4.69, 9.17) is 0 Å². The van der Waals surface area contributed by atoms with E-state index in [9.17, 15) is 4.79 Å². The first-order valence-corrected chi connectivity index (χ1v) is 3.07. The molecule has 0 saturated heterocycles. The van der Waals surface area contributed by atoms with Crippen LogP contribution in [-0.2, 0) is 0 Å². The molecule has 0 aliphatic rings. The summed E-state index contributed by atoms with van der Waals surface area (Å²) in [5.74, 6) is -0.615. The molecule has 4 nitrogen and oxygen atoms in total. The lowest BCUT2D eigenvalue weighted by Crippen LogP contribution is -2.02. The molecule has 0 aliphatic carbocycles. The third-order valence-corrected chi connectivity index (χ3v) is 1.30. The molecule has 62 valence electrons. The van der Waals surface area contributed by atoms with Gasteiger partial charge in [0, 0.05) is 6.20 Å². The molecule has 12 heavy (non-hydrogen) atoms. The molecule has 2 rings (SSSR count). The molecule has 2 aromatic rings. The fraction of sp³-hybridized carbons (Fsp3) is 0. The number of pyridine rings is 1. The van der Waals surface area contributed by atoms with Gasteiger partial charge < -0.3 is 4.42 Å². The summed E-state index contributed by atoms with van der Waals surface area (Å²) in [5.41, 5.74) is 0.420. The first-order chi connectivity index (χ1) is 5.36. The molecular weight excluding hydrogens is 180 g/mol. The number of rotatable bonds is 0. The number of nitrogens with zero attached hydrogens (tertiary/aromatic N) is 2. The quantitative estimate of drug-likeness (QED) is 0.613. The lowest BCUT2D eigenvalue weighted by molar-refractivity contribution is 0.492. The maximum absolute atomic E-state index is 10.6. The zero-order chi connectivity index (χ0) is 7.68. The van der Waals surface area contributed by atoms with Gasteiger partial charge in [-0.05, 0) is 12.1 Å². The minimum Gasteiger partial charge on any atom is -0.416 e. The highest BCUT2D eigenvalue weighted by molar-refractivity contribution is 5.85. The molecule has 5 heteroatoms. The second kappa shape index (κ2) is 3.32. The van der Waals surface area contributed by atoms with E-state index in [-0.39, 0.29) is 12.4 Å². The van der Waals surface area contributed by atoms with Gasteiger partial charge in [0.1, 0.15) is 6.26 Å². The number of hydrogen-bond acceptors (Lipinski definition) is 4. The Labute approximate surface area is 73.7 Å². The van der Waals surface area contributed by atoms with Crippen LogP contribution in [0.25, 0.3) is 11.0 Å². The summed E-state index contributed by atoms with van der Waals surface area (Å²) in [7, 11) is 0. The maximum atomic E-state index is 10.6. The Kier molecular flexibility index (Phi) is 2.40. The summed E-state index contributed by atoms with van der Waals surface area (Å²) in [6.07, 6.45) is 2.92. The highest BCUT2D eigenvalue weighted by Gasteiger charge is 1.94. The van der Waals surface area contributed by atoms with Crippen LogP contribution in [0.1, 0.15) is 0 Å². The molecule has 2 heterocycles. The molecule has 0 saturated carbocycles. The lowest BCUT2D eigenvalue weighted by atomic mass is 10.4. The summed E-state index contributed by atoms with van der Waals surface area (Å²) in [6, 6.07) is 3.53. The van der Waals surface area contributed by atoms with E-state index >= 15 is 0 Å². The minimum atomic E-state index is -0.615. The Bertz CT molecular complexity index is 440. The summed E-state index contributed by atoms with van der Waals surface area (Å²) in [5, 5.41) is 0.729. The largest absolute Gasteiger partial charge is 0.440 e.